The number of ether oxygens (including phenoxy) is 1. The van der Waals surface area contributed by atoms with E-state index >= 15 is 0 Å². The van der Waals surface area contributed by atoms with Gasteiger partial charge < -0.3 is 18.7 Å². The number of rotatable bonds is 10. The molecule has 1 N–H and O–H groups in total. The molecule has 2 aromatic rings. The lowest BCUT2D eigenvalue weighted by atomic mass is 10.1. The molecule has 1 heterocycles. The van der Waals surface area contributed by atoms with Crippen molar-refractivity contribution in [1.82, 2.24) is 14.6 Å². The van der Waals surface area contributed by atoms with Crippen molar-refractivity contribution in [3.8, 4) is 0 Å². The summed E-state index contributed by atoms with van der Waals surface area (Å²) in [5.41, 5.74) is 2.17. The smallest absolute Gasteiger partial charge is 0.407 e. The van der Waals surface area contributed by atoms with Crippen LogP contribution in [0.1, 0.15) is 5.56 Å². The maximum absolute atomic E-state index is 12.6. The van der Waals surface area contributed by atoms with Crippen molar-refractivity contribution in [2.24, 2.45) is 0 Å². The first-order chi connectivity index (χ1) is 12.4. The monoisotopic (exact) mass is 383 g/mol. The second kappa shape index (κ2) is 9.30. The maximum Gasteiger partial charge on any atom is 0.407 e. The minimum Gasteiger partial charge on any atom is -0.468 e. The molecule has 0 aliphatic rings. The Hall–Kier alpha value is -1.70. The second-order valence-corrected chi connectivity index (χ2v) is 7.98. The van der Waals surface area contributed by atoms with Gasteiger partial charge in [0.1, 0.15) is 13.3 Å². The number of hydrogen-bond acceptors (Lipinski definition) is 6. The average Bonchev–Trinajstić information content (AvgIpc) is 3.01. The van der Waals surface area contributed by atoms with Gasteiger partial charge in [0.2, 0.25) is 0 Å². The molecule has 0 fully saturated rings. The third-order valence-electron chi connectivity index (χ3n) is 3.95. The third kappa shape index (κ3) is 5.40. The molecule has 0 aliphatic heterocycles. The van der Waals surface area contributed by atoms with E-state index in [0.717, 1.165) is 23.9 Å². The van der Waals surface area contributed by atoms with Gasteiger partial charge in [-0.1, -0.05) is 18.2 Å². The summed E-state index contributed by atoms with van der Waals surface area (Å²) < 4.78 is 29.4. The number of carbonyl (C=O) groups excluding carboxylic acids is 1. The lowest BCUT2D eigenvalue weighted by molar-refractivity contribution is -0.139. The van der Waals surface area contributed by atoms with Crippen molar-refractivity contribution < 1.29 is 23.1 Å². The molecule has 1 aromatic carbocycles. The van der Waals surface area contributed by atoms with Crippen molar-refractivity contribution >= 4 is 24.6 Å². The number of nitrogens with zero attached hydrogens (tertiary/aromatic N) is 2. The van der Waals surface area contributed by atoms with Crippen LogP contribution in [0.4, 0.5) is 0 Å². The minimum absolute atomic E-state index is 0.0295. The maximum atomic E-state index is 12.6. The summed E-state index contributed by atoms with van der Waals surface area (Å²) in [6.07, 6.45) is 2.89. The first kappa shape index (κ1) is 20.6. The Morgan fingerprint density at radius 3 is 2.65 bits per heavy atom. The molecule has 2 rings (SSSR count). The first-order valence-corrected chi connectivity index (χ1v) is 9.76. The van der Waals surface area contributed by atoms with Gasteiger partial charge >= 0.3 is 13.7 Å². The Morgan fingerprint density at radius 1 is 1.27 bits per heavy atom. The van der Waals surface area contributed by atoms with E-state index in [0.29, 0.717) is 0 Å². The summed E-state index contributed by atoms with van der Waals surface area (Å²) in [5, 5.41) is 3.61. The highest BCUT2D eigenvalue weighted by Gasteiger charge is 2.24. The van der Waals surface area contributed by atoms with Gasteiger partial charge in [0.15, 0.2) is 0 Å². The highest BCUT2D eigenvalue weighted by Crippen LogP contribution is 2.43. The fraction of sp³-hybridized carbons (Fsp3) is 0.471. The number of likely N-dealkylation sites (N-methyl/N-ethyl adjacent to an activating group) is 1. The number of aromatic nitrogens is 1. The zero-order valence-electron chi connectivity index (χ0n) is 15.6. The van der Waals surface area contributed by atoms with Crippen LogP contribution < -0.4 is 5.09 Å². The number of carbonyl (C=O) groups is 1. The molecule has 0 amide bonds. The molecule has 0 radical (unpaired) electrons. The van der Waals surface area contributed by atoms with E-state index in [1.807, 2.05) is 43.1 Å². The molecule has 144 valence electrons. The van der Waals surface area contributed by atoms with Crippen LogP contribution in [0.15, 0.2) is 30.5 Å². The van der Waals surface area contributed by atoms with Crippen molar-refractivity contribution in [1.29, 1.82) is 0 Å². The fourth-order valence-electron chi connectivity index (χ4n) is 2.51. The van der Waals surface area contributed by atoms with Crippen LogP contribution in [0.3, 0.4) is 0 Å². The van der Waals surface area contributed by atoms with E-state index in [-0.39, 0.29) is 13.3 Å². The van der Waals surface area contributed by atoms with Crippen LogP contribution in [-0.4, -0.2) is 56.8 Å². The predicted molar refractivity (Wildman–Crippen MR) is 99.9 cm³/mol. The Morgan fingerprint density at radius 2 is 2.00 bits per heavy atom. The summed E-state index contributed by atoms with van der Waals surface area (Å²) in [4.78, 5) is 13.4. The molecule has 8 nitrogen and oxygen atoms in total. The Labute approximate surface area is 153 Å². The lowest BCUT2D eigenvalue weighted by Gasteiger charge is -2.17. The van der Waals surface area contributed by atoms with Crippen molar-refractivity contribution in [3.05, 3.63) is 36.0 Å². The van der Waals surface area contributed by atoms with Crippen LogP contribution in [0.2, 0.25) is 0 Å². The molecule has 0 aliphatic carbocycles. The Balaban J connectivity index is 2.14. The zero-order valence-corrected chi connectivity index (χ0v) is 16.5. The minimum atomic E-state index is -3.61. The number of benzene rings is 1. The van der Waals surface area contributed by atoms with E-state index in [9.17, 15) is 9.36 Å². The van der Waals surface area contributed by atoms with Crippen LogP contribution in [0.25, 0.3) is 10.9 Å². The number of fused-ring (bicyclic) bond motifs is 1. The van der Waals surface area contributed by atoms with Gasteiger partial charge in [-0.15, -0.1) is 0 Å². The van der Waals surface area contributed by atoms with E-state index in [4.69, 9.17) is 9.05 Å². The van der Waals surface area contributed by atoms with Gasteiger partial charge in [-0.25, -0.2) is 9.65 Å². The van der Waals surface area contributed by atoms with Crippen molar-refractivity contribution in [2.45, 2.75) is 13.2 Å². The third-order valence-corrected chi connectivity index (χ3v) is 5.43. The summed E-state index contributed by atoms with van der Waals surface area (Å²) in [6, 6.07) is 7.98. The second-order valence-electron chi connectivity index (χ2n) is 6.04. The van der Waals surface area contributed by atoms with Gasteiger partial charge in [-0.3, -0.25) is 9.32 Å². The molecule has 1 aromatic heterocycles. The highest BCUT2D eigenvalue weighted by molar-refractivity contribution is 7.51. The van der Waals surface area contributed by atoms with Crippen LogP contribution in [-0.2, 0) is 36.3 Å². The highest BCUT2D eigenvalue weighted by atomic mass is 31.2. The van der Waals surface area contributed by atoms with Gasteiger partial charge in [-0.05, 0) is 32.1 Å². The topological polar surface area (TPSA) is 82.0 Å². The molecular formula is C17H26N3O5P. The number of esters is 1. The van der Waals surface area contributed by atoms with Gasteiger partial charge in [0.25, 0.3) is 0 Å². The van der Waals surface area contributed by atoms with E-state index in [2.05, 4.69) is 20.8 Å². The zero-order chi connectivity index (χ0) is 19.2. The molecule has 0 bridgehead atoms. The van der Waals surface area contributed by atoms with Crippen molar-refractivity contribution in [2.75, 3.05) is 41.4 Å². The van der Waals surface area contributed by atoms with E-state index < -0.39 is 13.7 Å². The number of hydrogen-bond donors (Lipinski definition) is 1. The van der Waals surface area contributed by atoms with E-state index in [1.54, 1.807) is 0 Å². The van der Waals surface area contributed by atoms with Crippen LogP contribution in [0.5, 0.6) is 0 Å². The van der Waals surface area contributed by atoms with Crippen LogP contribution in [0, 0.1) is 0 Å². The molecule has 0 saturated carbocycles. The summed E-state index contributed by atoms with van der Waals surface area (Å²) in [6.45, 7) is 0.690. The Bertz CT molecular complexity index is 790. The number of para-hydroxylation sites is 1. The van der Waals surface area contributed by atoms with Gasteiger partial charge in [0, 0.05) is 25.2 Å². The normalized spacial score (nSPS) is 13.9. The number of methoxy groups -OCH3 is 1. The van der Waals surface area contributed by atoms with Gasteiger partial charge in [-0.2, -0.15) is 0 Å². The molecular weight excluding hydrogens is 357 g/mol. The predicted octanol–water partition coefficient (Wildman–Crippen LogP) is 2.24. The standard InChI is InChI=1S/C17H26N3O5P/c1-19(2)10-9-14-12-20(16-8-6-5-7-15(14)16)13-25-26(22,24-4)18-11-17(21)23-3/h5-8,12H,9-11,13H2,1-4H3,(H,18,22). The summed E-state index contributed by atoms with van der Waals surface area (Å²) >= 11 is 0. The largest absolute Gasteiger partial charge is 0.468 e. The average molecular weight is 383 g/mol. The SMILES string of the molecule is COC(=O)CNP(=O)(OC)OCn1cc(CCN(C)C)c2ccccc21. The van der Waals surface area contributed by atoms with Crippen molar-refractivity contribution in [3.63, 3.8) is 0 Å². The molecule has 0 spiro atoms. The summed E-state index contributed by atoms with van der Waals surface area (Å²) in [5.74, 6) is -0.553. The molecule has 26 heavy (non-hydrogen) atoms. The first-order valence-electron chi connectivity index (χ1n) is 8.22. The Kier molecular flexibility index (Phi) is 7.37. The fourth-order valence-corrected chi connectivity index (χ4v) is 3.43. The number of nitrogens with one attached hydrogen (secondary N) is 1. The quantitative estimate of drug-likeness (QED) is 0.498. The summed E-state index contributed by atoms with van der Waals surface area (Å²) in [7, 11) is 2.97. The van der Waals surface area contributed by atoms with Gasteiger partial charge in [0.05, 0.1) is 12.6 Å². The molecule has 9 heteroatoms. The molecule has 0 saturated heterocycles. The van der Waals surface area contributed by atoms with E-state index in [1.165, 1.54) is 19.8 Å². The van der Waals surface area contributed by atoms with Crippen LogP contribution >= 0.6 is 7.75 Å². The molecule has 1 atom stereocenters. The molecule has 1 unspecified atom stereocenters. The lowest BCUT2D eigenvalue weighted by Crippen LogP contribution is -2.23.